The Hall–Kier alpha value is -2.47. The first-order chi connectivity index (χ1) is 14.0. The summed E-state index contributed by atoms with van der Waals surface area (Å²) in [4.78, 5) is 8.27. The minimum Gasteiger partial charge on any atom is -0.484 e. The molecule has 1 aliphatic rings. The zero-order valence-electron chi connectivity index (χ0n) is 15.3. The summed E-state index contributed by atoms with van der Waals surface area (Å²) in [7, 11) is -3.64. The molecule has 3 heterocycles. The van der Waals surface area contributed by atoms with Crippen molar-refractivity contribution < 1.29 is 22.4 Å². The molecule has 154 valence electrons. The Labute approximate surface area is 172 Å². The molecule has 0 atom stereocenters. The topological polar surface area (TPSA) is 113 Å². The number of imidazole rings is 1. The molecule has 29 heavy (non-hydrogen) atoms. The summed E-state index contributed by atoms with van der Waals surface area (Å²) >= 11 is 5.83. The van der Waals surface area contributed by atoms with Crippen LogP contribution in [0.3, 0.4) is 0 Å². The van der Waals surface area contributed by atoms with E-state index >= 15 is 0 Å². The maximum atomic E-state index is 12.6. The fourth-order valence-electron chi connectivity index (χ4n) is 2.73. The highest BCUT2D eigenvalue weighted by atomic mass is 35.5. The molecule has 12 heteroatoms. The van der Waals surface area contributed by atoms with Crippen LogP contribution in [0, 0.1) is 0 Å². The van der Waals surface area contributed by atoms with Crippen molar-refractivity contribution in [1.82, 2.24) is 24.0 Å². The second kappa shape index (κ2) is 8.49. The van der Waals surface area contributed by atoms with Crippen LogP contribution in [0.5, 0.6) is 5.75 Å². The third-order valence-electron chi connectivity index (χ3n) is 4.19. The van der Waals surface area contributed by atoms with Crippen molar-refractivity contribution in [2.45, 2.75) is 18.2 Å². The van der Waals surface area contributed by atoms with Crippen molar-refractivity contribution in [2.75, 3.05) is 26.3 Å². The molecule has 2 aromatic heterocycles. The van der Waals surface area contributed by atoms with Gasteiger partial charge in [-0.3, -0.25) is 0 Å². The zero-order valence-corrected chi connectivity index (χ0v) is 16.8. The predicted octanol–water partition coefficient (Wildman–Crippen LogP) is 1.57. The van der Waals surface area contributed by atoms with E-state index in [2.05, 4.69) is 15.1 Å². The van der Waals surface area contributed by atoms with Gasteiger partial charge in [-0.2, -0.15) is 9.29 Å². The van der Waals surface area contributed by atoms with Crippen molar-refractivity contribution in [2.24, 2.45) is 0 Å². The van der Waals surface area contributed by atoms with E-state index in [0.29, 0.717) is 48.8 Å². The first kappa shape index (κ1) is 19.8. The normalized spacial score (nSPS) is 15.5. The Kier molecular flexibility index (Phi) is 5.81. The van der Waals surface area contributed by atoms with E-state index in [1.807, 2.05) is 0 Å². The van der Waals surface area contributed by atoms with Gasteiger partial charge in [0.25, 0.3) is 15.9 Å². The molecular formula is C17H18ClN5O5S. The number of hydrogen-bond acceptors (Lipinski definition) is 8. The van der Waals surface area contributed by atoms with Crippen molar-refractivity contribution in [1.29, 1.82) is 0 Å². The number of halogens is 1. The zero-order chi connectivity index (χ0) is 20.3. The summed E-state index contributed by atoms with van der Waals surface area (Å²) in [6.07, 6.45) is 2.87. The highest BCUT2D eigenvalue weighted by Gasteiger charge is 2.28. The average molecular weight is 440 g/mol. The van der Waals surface area contributed by atoms with Crippen LogP contribution >= 0.6 is 11.6 Å². The van der Waals surface area contributed by atoms with Crippen molar-refractivity contribution in [3.63, 3.8) is 0 Å². The van der Waals surface area contributed by atoms with E-state index in [1.165, 1.54) is 16.8 Å². The van der Waals surface area contributed by atoms with Crippen LogP contribution in [0.4, 0.5) is 0 Å². The minimum atomic E-state index is -3.64. The van der Waals surface area contributed by atoms with Crippen LogP contribution in [0.15, 0.2) is 46.3 Å². The molecule has 1 aliphatic heterocycles. The fourth-order valence-corrected chi connectivity index (χ4v) is 4.20. The van der Waals surface area contributed by atoms with Gasteiger partial charge in [-0.15, -0.1) is 0 Å². The third kappa shape index (κ3) is 4.75. The van der Waals surface area contributed by atoms with Gasteiger partial charge >= 0.3 is 0 Å². The summed E-state index contributed by atoms with van der Waals surface area (Å²) in [6.45, 7) is 1.71. The first-order valence-electron chi connectivity index (χ1n) is 8.80. The predicted molar refractivity (Wildman–Crippen MR) is 101 cm³/mol. The van der Waals surface area contributed by atoms with E-state index < -0.39 is 10.0 Å². The van der Waals surface area contributed by atoms with Crippen LogP contribution in [-0.2, 0) is 27.9 Å². The number of rotatable bonds is 7. The Morgan fingerprint density at radius 2 is 1.93 bits per heavy atom. The van der Waals surface area contributed by atoms with Gasteiger partial charge < -0.3 is 18.6 Å². The second-order valence-corrected chi connectivity index (χ2v) is 8.57. The van der Waals surface area contributed by atoms with Crippen molar-refractivity contribution in [3.8, 4) is 5.75 Å². The SMILES string of the molecule is O=S(=O)(c1cn(Cc2noc(COc3ccc(Cl)cc3)n2)cn1)N1CCOCC1. The number of benzene rings is 1. The van der Waals surface area contributed by atoms with Crippen molar-refractivity contribution >= 4 is 21.6 Å². The minimum absolute atomic E-state index is 0.0193. The molecule has 0 amide bonds. The Bertz CT molecular complexity index is 1060. The van der Waals surface area contributed by atoms with Gasteiger partial charge in [0, 0.05) is 24.3 Å². The van der Waals surface area contributed by atoms with E-state index in [1.54, 1.807) is 28.8 Å². The molecule has 4 rings (SSSR count). The van der Waals surface area contributed by atoms with Gasteiger partial charge in [0.05, 0.1) is 26.1 Å². The van der Waals surface area contributed by atoms with Crippen LogP contribution in [0.2, 0.25) is 5.02 Å². The average Bonchev–Trinajstić information content (AvgIpc) is 3.39. The molecule has 0 bridgehead atoms. The largest absolute Gasteiger partial charge is 0.484 e. The maximum Gasteiger partial charge on any atom is 0.264 e. The molecule has 0 N–H and O–H groups in total. The van der Waals surface area contributed by atoms with E-state index in [4.69, 9.17) is 25.6 Å². The highest BCUT2D eigenvalue weighted by molar-refractivity contribution is 7.89. The first-order valence-corrected chi connectivity index (χ1v) is 10.6. The smallest absolute Gasteiger partial charge is 0.264 e. The maximum absolute atomic E-state index is 12.6. The van der Waals surface area contributed by atoms with Crippen LogP contribution < -0.4 is 4.74 Å². The summed E-state index contributed by atoms with van der Waals surface area (Å²) in [5.41, 5.74) is 0. The molecule has 0 spiro atoms. The van der Waals surface area contributed by atoms with Gasteiger partial charge in [0.1, 0.15) is 5.75 Å². The van der Waals surface area contributed by atoms with E-state index in [9.17, 15) is 8.42 Å². The Morgan fingerprint density at radius 3 is 2.69 bits per heavy atom. The summed E-state index contributed by atoms with van der Waals surface area (Å²) in [5, 5.41) is 4.49. The summed E-state index contributed by atoms with van der Waals surface area (Å²) in [5.74, 6) is 1.31. The molecule has 0 saturated carbocycles. The number of aromatic nitrogens is 4. The Morgan fingerprint density at radius 1 is 1.17 bits per heavy atom. The number of sulfonamides is 1. The second-order valence-electron chi connectivity index (χ2n) is 6.25. The lowest BCUT2D eigenvalue weighted by molar-refractivity contribution is 0.0729. The highest BCUT2D eigenvalue weighted by Crippen LogP contribution is 2.17. The summed E-state index contributed by atoms with van der Waals surface area (Å²) in [6, 6.07) is 6.92. The fraction of sp³-hybridized carbons (Fsp3) is 0.353. The standard InChI is InChI=1S/C17H18ClN5O5S/c18-13-1-3-14(4-2-13)27-11-16-20-15(21-28-16)9-22-10-17(19-12-22)29(24,25)23-5-7-26-8-6-23/h1-4,10,12H,5-9,11H2. The van der Waals surface area contributed by atoms with Gasteiger partial charge in [0.15, 0.2) is 17.5 Å². The lowest BCUT2D eigenvalue weighted by Gasteiger charge is -2.24. The van der Waals surface area contributed by atoms with Crippen LogP contribution in [0.1, 0.15) is 11.7 Å². The quantitative estimate of drug-likeness (QED) is 0.545. The number of morpholine rings is 1. The molecule has 1 aromatic carbocycles. The summed E-state index contributed by atoms with van der Waals surface area (Å²) < 4.78 is 44.1. The van der Waals surface area contributed by atoms with Crippen molar-refractivity contribution in [3.05, 3.63) is 53.5 Å². The molecule has 1 fully saturated rings. The number of hydrogen-bond donors (Lipinski definition) is 0. The van der Waals surface area contributed by atoms with Crippen LogP contribution in [-0.4, -0.2) is 58.7 Å². The molecule has 10 nitrogen and oxygen atoms in total. The Balaban J connectivity index is 1.37. The van der Waals surface area contributed by atoms with E-state index in [-0.39, 0.29) is 18.2 Å². The molecule has 0 unspecified atom stereocenters. The molecule has 3 aromatic rings. The van der Waals surface area contributed by atoms with Gasteiger partial charge in [-0.25, -0.2) is 13.4 Å². The van der Waals surface area contributed by atoms with Crippen LogP contribution in [0.25, 0.3) is 0 Å². The molecular weight excluding hydrogens is 422 g/mol. The van der Waals surface area contributed by atoms with Gasteiger partial charge in [-0.1, -0.05) is 16.8 Å². The lowest BCUT2D eigenvalue weighted by atomic mass is 10.3. The monoisotopic (exact) mass is 439 g/mol. The molecule has 1 saturated heterocycles. The number of nitrogens with zero attached hydrogens (tertiary/aromatic N) is 5. The molecule has 0 aliphatic carbocycles. The lowest BCUT2D eigenvalue weighted by Crippen LogP contribution is -2.40. The molecule has 0 radical (unpaired) electrons. The van der Waals surface area contributed by atoms with E-state index in [0.717, 1.165) is 0 Å². The van der Waals surface area contributed by atoms with Gasteiger partial charge in [-0.05, 0) is 24.3 Å². The van der Waals surface area contributed by atoms with Gasteiger partial charge in [0.2, 0.25) is 0 Å². The number of ether oxygens (including phenoxy) is 2. The third-order valence-corrected chi connectivity index (χ3v) is 6.23.